The van der Waals surface area contributed by atoms with Gasteiger partial charge in [-0.15, -0.1) is 5.10 Å². The van der Waals surface area contributed by atoms with Gasteiger partial charge in [-0.05, 0) is 30.4 Å². The molecule has 7 nitrogen and oxygen atoms in total. The van der Waals surface area contributed by atoms with Gasteiger partial charge < -0.3 is 4.42 Å². The largest absolute Gasteiger partial charge is 0.461 e. The number of H-pyrrole nitrogens is 1. The molecule has 5 rings (SSSR count). The molecule has 2 aliphatic carbocycles. The number of rotatable bonds is 2. The van der Waals surface area contributed by atoms with Crippen LogP contribution < -0.4 is 4.90 Å². The van der Waals surface area contributed by atoms with E-state index in [0.29, 0.717) is 11.6 Å². The quantitative estimate of drug-likeness (QED) is 0.667. The Morgan fingerprint density at radius 2 is 1.91 bits per heavy atom. The highest BCUT2D eigenvalue weighted by atomic mass is 16.3. The summed E-state index contributed by atoms with van der Waals surface area (Å²) in [6.07, 6.45) is 6.56. The summed E-state index contributed by atoms with van der Waals surface area (Å²) in [5.74, 6) is 0.531. The number of anilines is 1. The Balaban J connectivity index is 1.52. The minimum absolute atomic E-state index is 0.107. The van der Waals surface area contributed by atoms with E-state index in [9.17, 15) is 9.59 Å². The van der Waals surface area contributed by atoms with Crippen LogP contribution in [0.1, 0.15) is 6.42 Å². The minimum Gasteiger partial charge on any atom is -0.461 e. The van der Waals surface area contributed by atoms with Crippen molar-refractivity contribution in [1.82, 2.24) is 15.2 Å². The normalized spacial score (nSPS) is 32.3. The predicted molar refractivity (Wildman–Crippen MR) is 74.3 cm³/mol. The molecule has 2 aromatic rings. The van der Waals surface area contributed by atoms with Gasteiger partial charge in [0.25, 0.3) is 5.95 Å². The van der Waals surface area contributed by atoms with Gasteiger partial charge in [0.2, 0.25) is 11.8 Å². The fourth-order valence-electron chi connectivity index (χ4n) is 3.98. The van der Waals surface area contributed by atoms with Gasteiger partial charge in [-0.2, -0.15) is 4.98 Å². The van der Waals surface area contributed by atoms with Crippen LogP contribution in [0.3, 0.4) is 0 Å². The number of carbonyl (C=O) groups is 2. The highest BCUT2D eigenvalue weighted by Crippen LogP contribution is 2.52. The maximum Gasteiger partial charge on any atom is 0.258 e. The number of carbonyl (C=O) groups excluding carboxylic acids is 2. The third-order valence-electron chi connectivity index (χ3n) is 4.90. The first-order valence-corrected chi connectivity index (χ1v) is 7.26. The Hall–Kier alpha value is -2.70. The average molecular weight is 296 g/mol. The molecule has 7 heteroatoms. The number of hydrogen-bond donors (Lipinski definition) is 1. The summed E-state index contributed by atoms with van der Waals surface area (Å²) in [5.41, 5.74) is 0. The van der Waals surface area contributed by atoms with Gasteiger partial charge in [-0.25, -0.2) is 4.90 Å². The van der Waals surface area contributed by atoms with Crippen LogP contribution in [-0.2, 0) is 9.59 Å². The van der Waals surface area contributed by atoms with Crippen LogP contribution in [0.15, 0.2) is 35.0 Å². The molecule has 1 saturated heterocycles. The zero-order valence-electron chi connectivity index (χ0n) is 11.5. The molecule has 22 heavy (non-hydrogen) atoms. The van der Waals surface area contributed by atoms with E-state index in [1.807, 2.05) is 0 Å². The van der Waals surface area contributed by atoms with Crippen LogP contribution in [0, 0.1) is 23.7 Å². The summed E-state index contributed by atoms with van der Waals surface area (Å²) in [6.45, 7) is 0. The molecule has 3 aliphatic rings. The maximum absolute atomic E-state index is 12.6. The molecular formula is C15H12N4O3. The molecule has 2 fully saturated rings. The van der Waals surface area contributed by atoms with Crippen molar-refractivity contribution in [2.24, 2.45) is 23.7 Å². The number of hydrogen-bond acceptors (Lipinski definition) is 5. The van der Waals surface area contributed by atoms with Crippen LogP contribution in [0.25, 0.3) is 11.6 Å². The standard InChI is InChI=1S/C15H12N4O3/c20-13-10-7-3-4-8(6-7)11(10)14(21)19(13)15-16-12(17-18-15)9-2-1-5-22-9/h1-5,7-8,10-11H,6H2,(H,16,17,18)/t7-,8-,10+,11+/m0/s1. The fourth-order valence-corrected chi connectivity index (χ4v) is 3.98. The molecule has 0 aromatic carbocycles. The fraction of sp³-hybridized carbons (Fsp3) is 0.333. The van der Waals surface area contributed by atoms with E-state index in [1.165, 1.54) is 6.26 Å². The number of aromatic nitrogens is 3. The molecule has 110 valence electrons. The van der Waals surface area contributed by atoms with Crippen molar-refractivity contribution < 1.29 is 14.0 Å². The van der Waals surface area contributed by atoms with Crippen LogP contribution in [0.4, 0.5) is 5.95 Å². The van der Waals surface area contributed by atoms with Crippen LogP contribution >= 0.6 is 0 Å². The van der Waals surface area contributed by atoms with Crippen molar-refractivity contribution >= 4 is 17.8 Å². The van der Waals surface area contributed by atoms with E-state index in [4.69, 9.17) is 4.42 Å². The van der Waals surface area contributed by atoms with Crippen LogP contribution in [-0.4, -0.2) is 27.0 Å². The first-order chi connectivity index (χ1) is 10.7. The molecule has 2 amide bonds. The lowest BCUT2D eigenvalue weighted by molar-refractivity contribution is -0.123. The van der Waals surface area contributed by atoms with Crippen molar-refractivity contribution in [3.8, 4) is 11.6 Å². The van der Waals surface area contributed by atoms with E-state index in [-0.39, 0.29) is 41.4 Å². The second kappa shape index (κ2) is 3.94. The number of furan rings is 1. The smallest absolute Gasteiger partial charge is 0.258 e. The highest BCUT2D eigenvalue weighted by Gasteiger charge is 2.60. The van der Waals surface area contributed by atoms with Gasteiger partial charge in [0.05, 0.1) is 18.1 Å². The monoisotopic (exact) mass is 296 g/mol. The molecule has 0 radical (unpaired) electrons. The lowest BCUT2D eigenvalue weighted by Crippen LogP contribution is -2.33. The molecule has 3 heterocycles. The minimum atomic E-state index is -0.243. The van der Waals surface area contributed by atoms with Crippen LogP contribution in [0.2, 0.25) is 0 Å². The van der Waals surface area contributed by atoms with E-state index in [0.717, 1.165) is 11.3 Å². The molecule has 1 aliphatic heterocycles. The third kappa shape index (κ3) is 1.35. The molecule has 2 aromatic heterocycles. The summed E-state index contributed by atoms with van der Waals surface area (Å²) >= 11 is 0. The van der Waals surface area contributed by atoms with Crippen molar-refractivity contribution in [1.29, 1.82) is 0 Å². The number of allylic oxidation sites excluding steroid dienone is 2. The number of nitrogens with one attached hydrogen (secondary N) is 1. The second-order valence-electron chi connectivity index (χ2n) is 5.97. The van der Waals surface area contributed by atoms with Gasteiger partial charge in [0, 0.05) is 0 Å². The summed E-state index contributed by atoms with van der Waals surface area (Å²) in [6, 6.07) is 3.47. The summed E-state index contributed by atoms with van der Waals surface area (Å²) in [7, 11) is 0. The zero-order valence-corrected chi connectivity index (χ0v) is 11.5. The van der Waals surface area contributed by atoms with Gasteiger partial charge in [-0.3, -0.25) is 14.7 Å². The third-order valence-corrected chi connectivity index (χ3v) is 4.90. The molecule has 4 atom stereocenters. The van der Waals surface area contributed by atoms with Crippen molar-refractivity contribution in [3.63, 3.8) is 0 Å². The maximum atomic E-state index is 12.6. The lowest BCUT2D eigenvalue weighted by atomic mass is 9.85. The Kier molecular flexibility index (Phi) is 2.13. The molecular weight excluding hydrogens is 284 g/mol. The van der Waals surface area contributed by atoms with Gasteiger partial charge in [-0.1, -0.05) is 12.2 Å². The molecule has 1 saturated carbocycles. The summed E-state index contributed by atoms with van der Waals surface area (Å²) in [5, 5.41) is 6.73. The predicted octanol–water partition coefficient (Wildman–Crippen LogP) is 1.38. The SMILES string of the molecule is O=C1[C@H]2[C@H](C(=O)N1c1n[nH]c(-c3ccco3)n1)[C@H]1C=C[C@H]2C1. The average Bonchev–Trinajstić information content (AvgIpc) is 3.28. The number of imide groups is 1. The molecule has 0 spiro atoms. The van der Waals surface area contributed by atoms with E-state index >= 15 is 0 Å². The molecule has 1 N–H and O–H groups in total. The number of fused-ring (bicyclic) bond motifs is 5. The molecule has 2 bridgehead atoms. The molecule has 0 unspecified atom stereocenters. The van der Waals surface area contributed by atoms with Gasteiger partial charge in [0.1, 0.15) is 0 Å². The highest BCUT2D eigenvalue weighted by molar-refractivity contribution is 6.21. The van der Waals surface area contributed by atoms with E-state index in [2.05, 4.69) is 27.3 Å². The van der Waals surface area contributed by atoms with Gasteiger partial charge >= 0.3 is 0 Å². The Morgan fingerprint density at radius 3 is 2.55 bits per heavy atom. The first kappa shape index (κ1) is 11.9. The van der Waals surface area contributed by atoms with Gasteiger partial charge in [0.15, 0.2) is 11.6 Å². The Morgan fingerprint density at radius 1 is 1.18 bits per heavy atom. The lowest BCUT2D eigenvalue weighted by Gasteiger charge is -2.14. The Bertz CT molecular complexity index is 777. The number of amides is 2. The summed E-state index contributed by atoms with van der Waals surface area (Å²) < 4.78 is 5.24. The van der Waals surface area contributed by atoms with E-state index < -0.39 is 0 Å². The first-order valence-electron chi connectivity index (χ1n) is 7.26. The van der Waals surface area contributed by atoms with Crippen molar-refractivity contribution in [3.05, 3.63) is 30.5 Å². The Labute approximate surface area is 125 Å². The second-order valence-corrected chi connectivity index (χ2v) is 5.97. The van der Waals surface area contributed by atoms with E-state index in [1.54, 1.807) is 12.1 Å². The number of nitrogens with zero attached hydrogens (tertiary/aromatic N) is 3. The topological polar surface area (TPSA) is 92.1 Å². The zero-order chi connectivity index (χ0) is 14.8. The van der Waals surface area contributed by atoms with Crippen molar-refractivity contribution in [2.75, 3.05) is 4.90 Å². The number of aromatic amines is 1. The van der Waals surface area contributed by atoms with Crippen molar-refractivity contribution in [2.45, 2.75) is 6.42 Å². The van der Waals surface area contributed by atoms with Crippen LogP contribution in [0.5, 0.6) is 0 Å². The summed E-state index contributed by atoms with van der Waals surface area (Å²) in [4.78, 5) is 30.6.